The second-order valence-electron chi connectivity index (χ2n) is 6.10. The first-order chi connectivity index (χ1) is 12.5. The molecule has 6 heteroatoms. The highest BCUT2D eigenvalue weighted by atomic mass is 32.1. The molecule has 0 aliphatic rings. The van der Waals surface area contributed by atoms with Gasteiger partial charge in [-0.15, -0.1) is 0 Å². The van der Waals surface area contributed by atoms with Gasteiger partial charge in [0.2, 0.25) is 11.8 Å². The molecule has 0 bridgehead atoms. The molecule has 3 rings (SSSR count). The standard InChI is InChI=1S/C20H21N3O2S/c1-3-14-4-8-16(9-5-14)22-19(25)11-7-15-6-10-17-18(12-15)26-20(23-17)21-13(2)24/h4-6,8-10,12H,3,7,11H2,1-2H3,(H,22,25)(H,21,23,24). The molecule has 134 valence electrons. The number of hydrogen-bond donors (Lipinski definition) is 2. The molecule has 0 aliphatic heterocycles. The molecule has 0 saturated heterocycles. The van der Waals surface area contributed by atoms with E-state index in [2.05, 4.69) is 22.5 Å². The lowest BCUT2D eigenvalue weighted by atomic mass is 10.1. The van der Waals surface area contributed by atoms with Crippen molar-refractivity contribution < 1.29 is 9.59 Å². The molecular formula is C20H21N3O2S. The molecule has 26 heavy (non-hydrogen) atoms. The predicted molar refractivity (Wildman–Crippen MR) is 107 cm³/mol. The summed E-state index contributed by atoms with van der Waals surface area (Å²) in [5.74, 6) is -0.134. The first kappa shape index (κ1) is 18.1. The Balaban J connectivity index is 1.59. The van der Waals surface area contributed by atoms with Gasteiger partial charge in [-0.25, -0.2) is 4.98 Å². The molecule has 1 aromatic heterocycles. The maximum Gasteiger partial charge on any atom is 0.224 e. The summed E-state index contributed by atoms with van der Waals surface area (Å²) in [6, 6.07) is 13.9. The van der Waals surface area contributed by atoms with Gasteiger partial charge in [0.05, 0.1) is 10.2 Å². The molecule has 0 saturated carbocycles. The van der Waals surface area contributed by atoms with Crippen LogP contribution in [-0.2, 0) is 22.4 Å². The Morgan fingerprint density at radius 3 is 2.46 bits per heavy atom. The number of aromatic nitrogens is 1. The third-order valence-corrected chi connectivity index (χ3v) is 4.96. The van der Waals surface area contributed by atoms with E-state index in [1.165, 1.54) is 23.8 Å². The van der Waals surface area contributed by atoms with Gasteiger partial charge >= 0.3 is 0 Å². The van der Waals surface area contributed by atoms with Gasteiger partial charge in [-0.05, 0) is 48.2 Å². The zero-order valence-electron chi connectivity index (χ0n) is 14.8. The van der Waals surface area contributed by atoms with Crippen LogP contribution in [0.5, 0.6) is 0 Å². The quantitative estimate of drug-likeness (QED) is 0.679. The van der Waals surface area contributed by atoms with E-state index >= 15 is 0 Å². The Bertz CT molecular complexity index is 932. The summed E-state index contributed by atoms with van der Waals surface area (Å²) < 4.78 is 1.00. The Morgan fingerprint density at radius 1 is 1.04 bits per heavy atom. The summed E-state index contributed by atoms with van der Waals surface area (Å²) in [5, 5.41) is 6.23. The lowest BCUT2D eigenvalue weighted by molar-refractivity contribution is -0.116. The Labute approximate surface area is 156 Å². The Hall–Kier alpha value is -2.73. The van der Waals surface area contributed by atoms with Gasteiger partial charge in [0.15, 0.2) is 5.13 Å². The second kappa shape index (κ2) is 8.10. The zero-order chi connectivity index (χ0) is 18.5. The molecule has 2 N–H and O–H groups in total. The SMILES string of the molecule is CCc1ccc(NC(=O)CCc2ccc3nc(NC(C)=O)sc3c2)cc1. The van der Waals surface area contributed by atoms with E-state index in [1.54, 1.807) is 0 Å². The lowest BCUT2D eigenvalue weighted by Crippen LogP contribution is -2.12. The molecule has 3 aromatic rings. The van der Waals surface area contributed by atoms with Crippen LogP contribution in [0.25, 0.3) is 10.2 Å². The molecule has 1 heterocycles. The number of fused-ring (bicyclic) bond motifs is 1. The molecule has 0 aliphatic carbocycles. The monoisotopic (exact) mass is 367 g/mol. The average molecular weight is 367 g/mol. The van der Waals surface area contributed by atoms with Crippen LogP contribution in [0, 0.1) is 0 Å². The van der Waals surface area contributed by atoms with E-state index in [-0.39, 0.29) is 11.8 Å². The summed E-state index contributed by atoms with van der Waals surface area (Å²) in [6.45, 7) is 3.57. The summed E-state index contributed by atoms with van der Waals surface area (Å²) >= 11 is 1.44. The van der Waals surface area contributed by atoms with Crippen molar-refractivity contribution in [2.45, 2.75) is 33.1 Å². The van der Waals surface area contributed by atoms with Crippen LogP contribution in [0.3, 0.4) is 0 Å². The number of thiazole rings is 1. The van der Waals surface area contributed by atoms with E-state index in [0.29, 0.717) is 18.0 Å². The number of carbonyl (C=O) groups excluding carboxylic acids is 2. The van der Waals surface area contributed by atoms with Gasteiger partial charge < -0.3 is 10.6 Å². The van der Waals surface area contributed by atoms with Crippen LogP contribution in [0.4, 0.5) is 10.8 Å². The van der Waals surface area contributed by atoms with Gasteiger partial charge in [0.25, 0.3) is 0 Å². The summed E-state index contributed by atoms with van der Waals surface area (Å²) in [7, 11) is 0. The van der Waals surface area contributed by atoms with E-state index < -0.39 is 0 Å². The largest absolute Gasteiger partial charge is 0.326 e. The molecule has 0 fully saturated rings. The van der Waals surface area contributed by atoms with Crippen LogP contribution in [0.15, 0.2) is 42.5 Å². The van der Waals surface area contributed by atoms with E-state index in [0.717, 1.165) is 27.9 Å². The fourth-order valence-corrected chi connectivity index (χ4v) is 3.61. The molecule has 0 radical (unpaired) electrons. The lowest BCUT2D eigenvalue weighted by Gasteiger charge is -2.06. The fourth-order valence-electron chi connectivity index (χ4n) is 2.63. The van der Waals surface area contributed by atoms with Crippen molar-refractivity contribution in [2.24, 2.45) is 0 Å². The number of hydrogen-bond acceptors (Lipinski definition) is 4. The number of benzene rings is 2. The Morgan fingerprint density at radius 2 is 1.77 bits per heavy atom. The third kappa shape index (κ3) is 4.67. The highest BCUT2D eigenvalue weighted by Crippen LogP contribution is 2.27. The van der Waals surface area contributed by atoms with Crippen molar-refractivity contribution in [1.82, 2.24) is 4.98 Å². The van der Waals surface area contributed by atoms with Gasteiger partial charge in [-0.1, -0.05) is 36.5 Å². The molecule has 2 amide bonds. The molecule has 0 unspecified atom stereocenters. The number of nitrogens with zero attached hydrogens (tertiary/aromatic N) is 1. The minimum absolute atomic E-state index is 0.00224. The van der Waals surface area contributed by atoms with Gasteiger partial charge in [0, 0.05) is 19.0 Å². The highest BCUT2D eigenvalue weighted by molar-refractivity contribution is 7.22. The number of rotatable bonds is 6. The topological polar surface area (TPSA) is 71.1 Å². The molecular weight excluding hydrogens is 346 g/mol. The van der Waals surface area contributed by atoms with Gasteiger partial charge in [-0.2, -0.15) is 0 Å². The van der Waals surface area contributed by atoms with Gasteiger partial charge in [0.1, 0.15) is 0 Å². The number of anilines is 2. The smallest absolute Gasteiger partial charge is 0.224 e. The summed E-state index contributed by atoms with van der Waals surface area (Å²) in [5.41, 5.74) is 4.00. The van der Waals surface area contributed by atoms with E-state index in [1.807, 2.05) is 42.5 Å². The van der Waals surface area contributed by atoms with Crippen LogP contribution in [0.1, 0.15) is 31.4 Å². The van der Waals surface area contributed by atoms with Crippen molar-refractivity contribution in [1.29, 1.82) is 0 Å². The molecule has 2 aromatic carbocycles. The fraction of sp³-hybridized carbons (Fsp3) is 0.250. The van der Waals surface area contributed by atoms with E-state index in [9.17, 15) is 9.59 Å². The van der Waals surface area contributed by atoms with Crippen LogP contribution in [-0.4, -0.2) is 16.8 Å². The van der Waals surface area contributed by atoms with Crippen LogP contribution >= 0.6 is 11.3 Å². The second-order valence-corrected chi connectivity index (χ2v) is 7.13. The summed E-state index contributed by atoms with van der Waals surface area (Å²) in [4.78, 5) is 27.7. The van der Waals surface area contributed by atoms with Crippen molar-refractivity contribution >= 4 is 44.2 Å². The Kier molecular flexibility index (Phi) is 5.63. The van der Waals surface area contributed by atoms with Crippen molar-refractivity contribution in [2.75, 3.05) is 10.6 Å². The molecule has 0 spiro atoms. The van der Waals surface area contributed by atoms with Crippen molar-refractivity contribution in [3.8, 4) is 0 Å². The predicted octanol–water partition coefficient (Wildman–Crippen LogP) is 4.39. The third-order valence-electron chi connectivity index (χ3n) is 4.02. The van der Waals surface area contributed by atoms with Crippen molar-refractivity contribution in [3.05, 3.63) is 53.6 Å². The van der Waals surface area contributed by atoms with E-state index in [4.69, 9.17) is 0 Å². The van der Waals surface area contributed by atoms with Gasteiger partial charge in [-0.3, -0.25) is 9.59 Å². The minimum Gasteiger partial charge on any atom is -0.326 e. The number of nitrogens with one attached hydrogen (secondary N) is 2. The van der Waals surface area contributed by atoms with Crippen molar-refractivity contribution in [3.63, 3.8) is 0 Å². The number of carbonyl (C=O) groups is 2. The average Bonchev–Trinajstić information content (AvgIpc) is 3.01. The highest BCUT2D eigenvalue weighted by Gasteiger charge is 2.08. The van der Waals surface area contributed by atoms with Crippen LogP contribution < -0.4 is 10.6 Å². The number of aryl methyl sites for hydroxylation is 2. The minimum atomic E-state index is -0.132. The maximum absolute atomic E-state index is 12.2. The summed E-state index contributed by atoms with van der Waals surface area (Å²) in [6.07, 6.45) is 2.05. The molecule has 5 nitrogen and oxygen atoms in total. The zero-order valence-corrected chi connectivity index (χ0v) is 15.7. The maximum atomic E-state index is 12.2. The number of amides is 2. The first-order valence-electron chi connectivity index (χ1n) is 8.59. The van der Waals surface area contributed by atoms with Crippen LogP contribution in [0.2, 0.25) is 0 Å². The normalized spacial score (nSPS) is 10.7. The first-order valence-corrected chi connectivity index (χ1v) is 9.41. The molecule has 0 atom stereocenters.